The van der Waals surface area contributed by atoms with Crippen molar-refractivity contribution in [2.45, 2.75) is 70.5 Å². The molecule has 1 atom stereocenters. The van der Waals surface area contributed by atoms with Crippen LogP contribution in [0.4, 0.5) is 5.69 Å². The SMILES string of the molecule is CC(N1CCCCC1)S(=O)(=O)Nc1ccc(B2OC(C)(C)C(C)(C)O2)cc1. The van der Waals surface area contributed by atoms with Gasteiger partial charge in [0.25, 0.3) is 0 Å². The fourth-order valence-corrected chi connectivity index (χ4v) is 4.65. The summed E-state index contributed by atoms with van der Waals surface area (Å²) in [4.78, 5) is 2.03. The van der Waals surface area contributed by atoms with Gasteiger partial charge in [-0.05, 0) is 78.1 Å². The molecule has 1 aromatic carbocycles. The molecule has 0 amide bonds. The second-order valence-electron chi connectivity index (χ2n) is 8.55. The van der Waals surface area contributed by atoms with Gasteiger partial charge in [-0.3, -0.25) is 9.62 Å². The molecule has 2 fully saturated rings. The van der Waals surface area contributed by atoms with E-state index in [1.807, 2.05) is 44.7 Å². The number of nitrogens with one attached hydrogen (secondary N) is 1. The van der Waals surface area contributed by atoms with Crippen LogP contribution in [0.1, 0.15) is 53.9 Å². The maximum absolute atomic E-state index is 12.7. The van der Waals surface area contributed by atoms with Gasteiger partial charge in [0.05, 0.1) is 11.2 Å². The lowest BCUT2D eigenvalue weighted by molar-refractivity contribution is 0.00578. The standard InChI is InChI=1S/C19H31BN2O4S/c1-15(22-13-7-6-8-14-22)27(23,24)21-17-11-9-16(10-12-17)20-25-18(2,3)19(4,5)26-20/h9-12,15,21H,6-8,13-14H2,1-5H3. The molecule has 8 heteroatoms. The molecule has 0 saturated carbocycles. The average molecular weight is 394 g/mol. The van der Waals surface area contributed by atoms with E-state index in [1.54, 1.807) is 19.1 Å². The fraction of sp³-hybridized carbons (Fsp3) is 0.684. The van der Waals surface area contributed by atoms with E-state index in [1.165, 1.54) is 6.42 Å². The Morgan fingerprint density at radius 3 is 2.04 bits per heavy atom. The molecule has 1 aromatic rings. The Kier molecular flexibility index (Phi) is 5.65. The van der Waals surface area contributed by atoms with E-state index in [2.05, 4.69) is 4.72 Å². The van der Waals surface area contributed by atoms with Crippen LogP contribution < -0.4 is 10.2 Å². The lowest BCUT2D eigenvalue weighted by atomic mass is 9.79. The first-order valence-electron chi connectivity index (χ1n) is 9.73. The van der Waals surface area contributed by atoms with E-state index in [0.717, 1.165) is 31.4 Å². The van der Waals surface area contributed by atoms with Crippen LogP contribution in [-0.2, 0) is 19.3 Å². The first-order chi connectivity index (χ1) is 12.5. The van der Waals surface area contributed by atoms with Crippen molar-refractivity contribution in [2.24, 2.45) is 0 Å². The molecule has 0 spiro atoms. The number of nitrogens with zero attached hydrogens (tertiary/aromatic N) is 1. The molecular weight excluding hydrogens is 363 g/mol. The molecule has 0 bridgehead atoms. The maximum atomic E-state index is 12.7. The summed E-state index contributed by atoms with van der Waals surface area (Å²) < 4.78 is 40.2. The average Bonchev–Trinajstić information content (AvgIpc) is 2.83. The van der Waals surface area contributed by atoms with Crippen LogP contribution >= 0.6 is 0 Å². The van der Waals surface area contributed by atoms with Gasteiger partial charge in [0.1, 0.15) is 5.37 Å². The van der Waals surface area contributed by atoms with Crippen molar-refractivity contribution in [3.63, 3.8) is 0 Å². The zero-order valence-corrected chi connectivity index (χ0v) is 17.8. The van der Waals surface area contributed by atoms with Gasteiger partial charge in [-0.15, -0.1) is 0 Å². The highest BCUT2D eigenvalue weighted by Crippen LogP contribution is 2.36. The quantitative estimate of drug-likeness (QED) is 0.778. The van der Waals surface area contributed by atoms with Gasteiger partial charge in [0.2, 0.25) is 10.0 Å². The molecule has 0 aliphatic carbocycles. The zero-order chi connectivity index (χ0) is 19.9. The van der Waals surface area contributed by atoms with E-state index in [4.69, 9.17) is 9.31 Å². The summed E-state index contributed by atoms with van der Waals surface area (Å²) in [5.41, 5.74) is 0.628. The minimum Gasteiger partial charge on any atom is -0.399 e. The number of likely N-dealkylation sites (tertiary alicyclic amines) is 1. The number of hydrogen-bond acceptors (Lipinski definition) is 5. The molecule has 2 aliphatic heterocycles. The van der Waals surface area contributed by atoms with Crippen molar-refractivity contribution in [3.8, 4) is 0 Å². The molecule has 27 heavy (non-hydrogen) atoms. The number of piperidine rings is 1. The van der Waals surface area contributed by atoms with Gasteiger partial charge in [-0.2, -0.15) is 0 Å². The highest BCUT2D eigenvalue weighted by molar-refractivity contribution is 7.93. The van der Waals surface area contributed by atoms with Crippen LogP contribution in [0.15, 0.2) is 24.3 Å². The molecular formula is C19H31BN2O4S. The Morgan fingerprint density at radius 2 is 1.52 bits per heavy atom. The Hall–Kier alpha value is -1.09. The third kappa shape index (κ3) is 4.34. The third-order valence-corrected chi connectivity index (χ3v) is 7.77. The Balaban J connectivity index is 1.67. The third-order valence-electron chi connectivity index (χ3n) is 6.05. The van der Waals surface area contributed by atoms with Crippen LogP contribution in [0.25, 0.3) is 0 Å². The molecule has 2 aliphatic rings. The minimum atomic E-state index is -3.47. The van der Waals surface area contributed by atoms with Crippen molar-refractivity contribution >= 4 is 28.3 Å². The number of anilines is 1. The summed E-state index contributed by atoms with van der Waals surface area (Å²) in [6, 6.07) is 7.23. The fourth-order valence-electron chi connectivity index (χ4n) is 3.42. The predicted molar refractivity (Wildman–Crippen MR) is 110 cm³/mol. The number of hydrogen-bond donors (Lipinski definition) is 1. The molecule has 0 aromatic heterocycles. The molecule has 1 unspecified atom stereocenters. The summed E-state index contributed by atoms with van der Waals surface area (Å²) in [5, 5.41) is -0.541. The van der Waals surface area contributed by atoms with Gasteiger partial charge >= 0.3 is 7.12 Å². The molecule has 150 valence electrons. The number of sulfonamides is 1. The van der Waals surface area contributed by atoms with Crippen molar-refractivity contribution in [1.82, 2.24) is 4.90 Å². The van der Waals surface area contributed by atoms with E-state index in [0.29, 0.717) is 5.69 Å². The molecule has 0 radical (unpaired) electrons. The Labute approximate surface area is 163 Å². The first-order valence-corrected chi connectivity index (χ1v) is 11.3. The molecule has 2 saturated heterocycles. The Morgan fingerprint density at radius 1 is 1.00 bits per heavy atom. The Bertz CT molecular complexity index is 742. The van der Waals surface area contributed by atoms with Crippen LogP contribution in [0, 0.1) is 0 Å². The summed E-state index contributed by atoms with van der Waals surface area (Å²) >= 11 is 0. The first kappa shape index (κ1) is 20.6. The number of rotatable bonds is 5. The van der Waals surface area contributed by atoms with Crippen LogP contribution in [0.5, 0.6) is 0 Å². The van der Waals surface area contributed by atoms with Crippen molar-refractivity contribution in [1.29, 1.82) is 0 Å². The highest BCUT2D eigenvalue weighted by Gasteiger charge is 2.51. The van der Waals surface area contributed by atoms with Crippen molar-refractivity contribution in [2.75, 3.05) is 17.8 Å². The van der Waals surface area contributed by atoms with Crippen LogP contribution in [-0.4, -0.2) is 50.1 Å². The smallest absolute Gasteiger partial charge is 0.399 e. The summed E-state index contributed by atoms with van der Waals surface area (Å²) in [5.74, 6) is 0. The zero-order valence-electron chi connectivity index (χ0n) is 17.0. The van der Waals surface area contributed by atoms with Gasteiger partial charge < -0.3 is 9.31 Å². The normalized spacial score (nSPS) is 24.0. The van der Waals surface area contributed by atoms with Gasteiger partial charge in [-0.25, -0.2) is 8.42 Å². The maximum Gasteiger partial charge on any atom is 0.494 e. The summed E-state index contributed by atoms with van der Waals surface area (Å²) in [6.07, 6.45) is 3.29. The summed E-state index contributed by atoms with van der Waals surface area (Å²) in [7, 11) is -3.92. The van der Waals surface area contributed by atoms with Crippen LogP contribution in [0.3, 0.4) is 0 Å². The largest absolute Gasteiger partial charge is 0.494 e. The van der Waals surface area contributed by atoms with E-state index < -0.39 is 33.7 Å². The van der Waals surface area contributed by atoms with Gasteiger partial charge in [-0.1, -0.05) is 18.6 Å². The van der Waals surface area contributed by atoms with Gasteiger partial charge in [0.15, 0.2) is 0 Å². The van der Waals surface area contributed by atoms with Crippen molar-refractivity contribution in [3.05, 3.63) is 24.3 Å². The lowest BCUT2D eigenvalue weighted by Crippen LogP contribution is -2.44. The molecule has 6 nitrogen and oxygen atoms in total. The van der Waals surface area contributed by atoms with E-state index in [-0.39, 0.29) is 0 Å². The van der Waals surface area contributed by atoms with Gasteiger partial charge in [0, 0.05) is 5.69 Å². The second-order valence-corrected chi connectivity index (χ2v) is 10.5. The lowest BCUT2D eigenvalue weighted by Gasteiger charge is -2.32. The minimum absolute atomic E-state index is 0.401. The summed E-state index contributed by atoms with van der Waals surface area (Å²) in [6.45, 7) is 11.5. The van der Waals surface area contributed by atoms with Crippen LogP contribution in [0.2, 0.25) is 0 Å². The molecule has 2 heterocycles. The monoisotopic (exact) mass is 394 g/mol. The second kappa shape index (κ2) is 7.39. The topological polar surface area (TPSA) is 67.9 Å². The molecule has 1 N–H and O–H groups in total. The molecule has 3 rings (SSSR count). The van der Waals surface area contributed by atoms with E-state index in [9.17, 15) is 8.42 Å². The highest BCUT2D eigenvalue weighted by atomic mass is 32.2. The van der Waals surface area contributed by atoms with E-state index >= 15 is 0 Å². The van der Waals surface area contributed by atoms with Crippen molar-refractivity contribution < 1.29 is 17.7 Å². The predicted octanol–water partition coefficient (Wildman–Crippen LogP) is 2.56. The number of benzene rings is 1.